The van der Waals surface area contributed by atoms with Crippen molar-refractivity contribution in [3.05, 3.63) is 54.1 Å². The van der Waals surface area contributed by atoms with Crippen molar-refractivity contribution in [2.45, 2.75) is 26.3 Å². The van der Waals surface area contributed by atoms with Crippen LogP contribution in [0.3, 0.4) is 0 Å². The Labute approximate surface area is 154 Å². The Balaban J connectivity index is 2.36. The van der Waals surface area contributed by atoms with Crippen LogP contribution >= 0.6 is 0 Å². The summed E-state index contributed by atoms with van der Waals surface area (Å²) in [5.41, 5.74) is 1.94. The molecule has 2 aromatic carbocycles. The van der Waals surface area contributed by atoms with E-state index in [4.69, 9.17) is 4.74 Å². The van der Waals surface area contributed by atoms with Crippen LogP contribution in [0.2, 0.25) is 0 Å². The van der Waals surface area contributed by atoms with Gasteiger partial charge in [0, 0.05) is 11.8 Å². The van der Waals surface area contributed by atoms with E-state index in [-0.39, 0.29) is 0 Å². The summed E-state index contributed by atoms with van der Waals surface area (Å²) in [5.74, 6) is 0.210. The zero-order valence-electron chi connectivity index (χ0n) is 15.4. The van der Waals surface area contributed by atoms with Gasteiger partial charge in [-0.25, -0.2) is 8.42 Å². The SMILES string of the molecule is CC[C@@H](C(=O)Nc1cccc(OC)c1)N(c1cccc(C)c1)S(C)(=O)=O. The summed E-state index contributed by atoms with van der Waals surface area (Å²) >= 11 is 0. The Morgan fingerprint density at radius 2 is 1.88 bits per heavy atom. The maximum Gasteiger partial charge on any atom is 0.248 e. The molecule has 7 heteroatoms. The average Bonchev–Trinajstić information content (AvgIpc) is 2.58. The van der Waals surface area contributed by atoms with Crippen LogP contribution in [0.1, 0.15) is 18.9 Å². The van der Waals surface area contributed by atoms with Gasteiger partial charge in [0.15, 0.2) is 0 Å². The van der Waals surface area contributed by atoms with Gasteiger partial charge in [0.2, 0.25) is 15.9 Å². The molecule has 1 atom stereocenters. The first-order chi connectivity index (χ1) is 12.3. The smallest absolute Gasteiger partial charge is 0.248 e. The molecule has 0 fully saturated rings. The highest BCUT2D eigenvalue weighted by Gasteiger charge is 2.31. The fourth-order valence-electron chi connectivity index (χ4n) is 2.75. The van der Waals surface area contributed by atoms with Gasteiger partial charge >= 0.3 is 0 Å². The number of anilines is 2. The number of benzene rings is 2. The molecule has 0 spiro atoms. The molecule has 140 valence electrons. The average molecular weight is 376 g/mol. The molecular weight excluding hydrogens is 352 g/mol. The molecule has 26 heavy (non-hydrogen) atoms. The van der Waals surface area contributed by atoms with E-state index in [0.29, 0.717) is 23.5 Å². The zero-order valence-corrected chi connectivity index (χ0v) is 16.2. The summed E-state index contributed by atoms with van der Waals surface area (Å²) < 4.78 is 31.2. The Morgan fingerprint density at radius 1 is 1.19 bits per heavy atom. The van der Waals surface area contributed by atoms with Crippen molar-refractivity contribution in [1.29, 1.82) is 0 Å². The minimum atomic E-state index is -3.65. The molecule has 0 bridgehead atoms. The van der Waals surface area contributed by atoms with Crippen molar-refractivity contribution in [2.24, 2.45) is 0 Å². The summed E-state index contributed by atoms with van der Waals surface area (Å²) in [5, 5.41) is 2.78. The zero-order chi connectivity index (χ0) is 19.3. The van der Waals surface area contributed by atoms with Gasteiger partial charge in [-0.05, 0) is 43.2 Å². The molecule has 1 N–H and O–H groups in total. The Bertz CT molecular complexity index is 881. The van der Waals surface area contributed by atoms with Gasteiger partial charge in [-0.3, -0.25) is 9.10 Å². The topological polar surface area (TPSA) is 75.7 Å². The molecule has 2 aromatic rings. The lowest BCUT2D eigenvalue weighted by atomic mass is 10.1. The summed E-state index contributed by atoms with van der Waals surface area (Å²) in [6.45, 7) is 3.66. The fraction of sp³-hybridized carbons (Fsp3) is 0.316. The van der Waals surface area contributed by atoms with Gasteiger partial charge in [-0.1, -0.05) is 25.1 Å². The number of aryl methyl sites for hydroxylation is 1. The number of carbonyl (C=O) groups excluding carboxylic acids is 1. The largest absolute Gasteiger partial charge is 0.497 e. The lowest BCUT2D eigenvalue weighted by Gasteiger charge is -2.30. The van der Waals surface area contributed by atoms with E-state index < -0.39 is 22.0 Å². The van der Waals surface area contributed by atoms with E-state index in [1.807, 2.05) is 13.0 Å². The van der Waals surface area contributed by atoms with E-state index in [2.05, 4.69) is 5.32 Å². The van der Waals surface area contributed by atoms with E-state index in [1.54, 1.807) is 56.5 Å². The second-order valence-corrected chi connectivity index (χ2v) is 7.90. The third kappa shape index (κ3) is 4.76. The highest BCUT2D eigenvalue weighted by atomic mass is 32.2. The fourth-order valence-corrected chi connectivity index (χ4v) is 3.96. The molecular formula is C19H24N2O4S. The molecule has 2 rings (SSSR count). The second-order valence-electron chi connectivity index (χ2n) is 6.04. The van der Waals surface area contributed by atoms with Crippen LogP contribution in [-0.2, 0) is 14.8 Å². The highest BCUT2D eigenvalue weighted by molar-refractivity contribution is 7.92. The first-order valence-corrected chi connectivity index (χ1v) is 10.1. The monoisotopic (exact) mass is 376 g/mol. The molecule has 0 heterocycles. The Morgan fingerprint density at radius 3 is 2.46 bits per heavy atom. The lowest BCUT2D eigenvalue weighted by molar-refractivity contribution is -0.117. The molecule has 0 unspecified atom stereocenters. The number of methoxy groups -OCH3 is 1. The Hall–Kier alpha value is -2.54. The van der Waals surface area contributed by atoms with Crippen molar-refractivity contribution in [2.75, 3.05) is 23.0 Å². The third-order valence-electron chi connectivity index (χ3n) is 3.92. The van der Waals surface area contributed by atoms with Gasteiger partial charge < -0.3 is 10.1 Å². The number of nitrogens with one attached hydrogen (secondary N) is 1. The molecule has 6 nitrogen and oxygen atoms in total. The van der Waals surface area contributed by atoms with E-state index in [1.165, 1.54) is 4.31 Å². The number of nitrogens with zero attached hydrogens (tertiary/aromatic N) is 1. The van der Waals surface area contributed by atoms with Crippen LogP contribution in [0.5, 0.6) is 5.75 Å². The van der Waals surface area contributed by atoms with Crippen molar-refractivity contribution in [3.63, 3.8) is 0 Å². The van der Waals surface area contributed by atoms with Gasteiger partial charge in [-0.15, -0.1) is 0 Å². The quantitative estimate of drug-likeness (QED) is 0.805. The molecule has 0 aliphatic carbocycles. The van der Waals surface area contributed by atoms with Crippen molar-refractivity contribution in [3.8, 4) is 5.75 Å². The van der Waals surface area contributed by atoms with Crippen LogP contribution in [0, 0.1) is 6.92 Å². The number of rotatable bonds is 7. The van der Waals surface area contributed by atoms with E-state index >= 15 is 0 Å². The minimum absolute atomic E-state index is 0.330. The van der Waals surface area contributed by atoms with Crippen molar-refractivity contribution < 1.29 is 17.9 Å². The molecule has 1 amide bonds. The predicted molar refractivity (Wildman–Crippen MR) is 104 cm³/mol. The third-order valence-corrected chi connectivity index (χ3v) is 5.10. The number of hydrogen-bond donors (Lipinski definition) is 1. The molecule has 0 saturated heterocycles. The van der Waals surface area contributed by atoms with Gasteiger partial charge in [0.25, 0.3) is 0 Å². The molecule has 0 aliphatic heterocycles. The van der Waals surface area contributed by atoms with Crippen LogP contribution in [-0.4, -0.2) is 33.7 Å². The maximum atomic E-state index is 12.8. The highest BCUT2D eigenvalue weighted by Crippen LogP contribution is 2.25. The van der Waals surface area contributed by atoms with Crippen LogP contribution in [0.4, 0.5) is 11.4 Å². The van der Waals surface area contributed by atoms with Gasteiger partial charge in [-0.2, -0.15) is 0 Å². The second kappa shape index (κ2) is 8.23. The standard InChI is InChI=1S/C19H24N2O4S/c1-5-18(19(22)20-15-9-7-11-17(13-15)25-3)21(26(4,23)24)16-10-6-8-14(2)12-16/h6-13,18H,5H2,1-4H3,(H,20,22)/t18-/m0/s1. The maximum absolute atomic E-state index is 12.8. The van der Waals surface area contributed by atoms with Crippen LogP contribution < -0.4 is 14.4 Å². The van der Waals surface area contributed by atoms with Crippen LogP contribution in [0.15, 0.2) is 48.5 Å². The van der Waals surface area contributed by atoms with E-state index in [9.17, 15) is 13.2 Å². The number of ether oxygens (including phenoxy) is 1. The number of carbonyl (C=O) groups is 1. The van der Waals surface area contributed by atoms with E-state index in [0.717, 1.165) is 11.8 Å². The molecule has 0 saturated carbocycles. The van der Waals surface area contributed by atoms with Crippen molar-refractivity contribution in [1.82, 2.24) is 0 Å². The molecule has 0 aromatic heterocycles. The van der Waals surface area contributed by atoms with Gasteiger partial charge in [0.05, 0.1) is 19.1 Å². The summed E-state index contributed by atoms with van der Waals surface area (Å²) in [4.78, 5) is 12.8. The normalized spacial score (nSPS) is 12.3. The van der Waals surface area contributed by atoms with Gasteiger partial charge in [0.1, 0.15) is 11.8 Å². The molecule has 0 aliphatic rings. The minimum Gasteiger partial charge on any atom is -0.497 e. The summed E-state index contributed by atoms with van der Waals surface area (Å²) in [6, 6.07) is 13.2. The number of hydrogen-bond acceptors (Lipinski definition) is 4. The summed E-state index contributed by atoms with van der Waals surface area (Å²) in [7, 11) is -2.11. The lowest BCUT2D eigenvalue weighted by Crippen LogP contribution is -2.47. The van der Waals surface area contributed by atoms with Crippen molar-refractivity contribution >= 4 is 27.3 Å². The number of amides is 1. The number of sulfonamides is 1. The summed E-state index contributed by atoms with van der Waals surface area (Å²) in [6.07, 6.45) is 1.44. The van der Waals surface area contributed by atoms with Crippen LogP contribution in [0.25, 0.3) is 0 Å². The first-order valence-electron chi connectivity index (χ1n) is 8.27. The predicted octanol–water partition coefficient (Wildman–Crippen LogP) is 3.19. The Kier molecular flexibility index (Phi) is 6.26. The first kappa shape index (κ1) is 19.8. The molecule has 0 radical (unpaired) electrons.